The number of carbonyl (C=O) groups excluding carboxylic acids is 1. The second-order valence-electron chi connectivity index (χ2n) is 5.81. The SMILES string of the molecule is Cc1ccc(SCCC(=O)NC(C)c2ccc(S(N)(=O)=O)cc2)cc1. The fourth-order valence-corrected chi connectivity index (χ4v) is 3.61. The van der Waals surface area contributed by atoms with Crippen LogP contribution >= 0.6 is 11.8 Å². The highest BCUT2D eigenvalue weighted by Crippen LogP contribution is 2.20. The maximum absolute atomic E-state index is 12.1. The van der Waals surface area contributed by atoms with Crippen LogP contribution in [-0.2, 0) is 14.8 Å². The van der Waals surface area contributed by atoms with Crippen molar-refractivity contribution < 1.29 is 13.2 Å². The number of hydrogen-bond donors (Lipinski definition) is 2. The first kappa shape index (κ1) is 19.5. The molecule has 1 atom stereocenters. The van der Waals surface area contributed by atoms with Crippen LogP contribution in [-0.4, -0.2) is 20.1 Å². The Morgan fingerprint density at radius 2 is 1.72 bits per heavy atom. The van der Waals surface area contributed by atoms with Gasteiger partial charge in [-0.3, -0.25) is 4.79 Å². The van der Waals surface area contributed by atoms with Gasteiger partial charge in [-0.1, -0.05) is 29.8 Å². The molecular formula is C18H22N2O3S2. The normalized spacial score (nSPS) is 12.6. The van der Waals surface area contributed by atoms with Gasteiger partial charge in [0, 0.05) is 17.1 Å². The van der Waals surface area contributed by atoms with Crippen molar-refractivity contribution in [3.63, 3.8) is 0 Å². The second-order valence-corrected chi connectivity index (χ2v) is 8.54. The number of hydrogen-bond acceptors (Lipinski definition) is 4. The fraction of sp³-hybridized carbons (Fsp3) is 0.278. The van der Waals surface area contributed by atoms with E-state index in [1.54, 1.807) is 23.9 Å². The molecule has 25 heavy (non-hydrogen) atoms. The van der Waals surface area contributed by atoms with Gasteiger partial charge in [0.05, 0.1) is 10.9 Å². The minimum absolute atomic E-state index is 0.0392. The molecule has 0 bridgehead atoms. The maximum atomic E-state index is 12.1. The molecule has 0 aromatic heterocycles. The highest BCUT2D eigenvalue weighted by Gasteiger charge is 2.12. The van der Waals surface area contributed by atoms with Crippen LogP contribution < -0.4 is 10.5 Å². The van der Waals surface area contributed by atoms with E-state index in [9.17, 15) is 13.2 Å². The topological polar surface area (TPSA) is 89.3 Å². The number of carbonyl (C=O) groups is 1. The number of nitrogens with one attached hydrogen (secondary N) is 1. The number of amides is 1. The van der Waals surface area contributed by atoms with Crippen LogP contribution in [0.4, 0.5) is 0 Å². The number of nitrogens with two attached hydrogens (primary N) is 1. The highest BCUT2D eigenvalue weighted by molar-refractivity contribution is 7.99. The maximum Gasteiger partial charge on any atom is 0.238 e. The van der Waals surface area contributed by atoms with Crippen molar-refractivity contribution in [3.8, 4) is 0 Å². The predicted octanol–water partition coefficient (Wildman–Crippen LogP) is 3.00. The Bertz CT molecular complexity index is 816. The van der Waals surface area contributed by atoms with E-state index >= 15 is 0 Å². The minimum atomic E-state index is -3.70. The van der Waals surface area contributed by atoms with Crippen LogP contribution in [0.25, 0.3) is 0 Å². The summed E-state index contributed by atoms with van der Waals surface area (Å²) < 4.78 is 22.5. The van der Waals surface area contributed by atoms with Crippen LogP contribution in [0.5, 0.6) is 0 Å². The van der Waals surface area contributed by atoms with Gasteiger partial charge >= 0.3 is 0 Å². The molecule has 0 heterocycles. The van der Waals surface area contributed by atoms with E-state index in [1.807, 2.05) is 26.0 Å². The zero-order valence-corrected chi connectivity index (χ0v) is 15.9. The fourth-order valence-electron chi connectivity index (χ4n) is 2.24. The quantitative estimate of drug-likeness (QED) is 0.725. The first-order chi connectivity index (χ1) is 11.8. The number of sulfonamides is 1. The Morgan fingerprint density at radius 1 is 1.12 bits per heavy atom. The Labute approximate surface area is 153 Å². The van der Waals surface area contributed by atoms with E-state index in [2.05, 4.69) is 17.4 Å². The number of aryl methyl sites for hydroxylation is 1. The molecule has 2 aromatic rings. The summed E-state index contributed by atoms with van der Waals surface area (Å²) in [4.78, 5) is 13.3. The van der Waals surface area contributed by atoms with Gasteiger partial charge in [-0.25, -0.2) is 13.6 Å². The number of primary sulfonamides is 1. The third-order valence-electron chi connectivity index (χ3n) is 3.70. The van der Waals surface area contributed by atoms with Gasteiger partial charge in [-0.2, -0.15) is 0 Å². The number of thioether (sulfide) groups is 1. The summed E-state index contributed by atoms with van der Waals surface area (Å²) in [6, 6.07) is 14.2. The average molecular weight is 379 g/mol. The third-order valence-corrected chi connectivity index (χ3v) is 5.65. The standard InChI is InChI=1S/C18H22N2O3S2/c1-13-3-7-16(8-4-13)24-12-11-18(21)20-14(2)15-5-9-17(10-6-15)25(19,22)23/h3-10,14H,11-12H2,1-2H3,(H,20,21)(H2,19,22,23). The van der Waals surface area contributed by atoms with E-state index in [1.165, 1.54) is 17.7 Å². The van der Waals surface area contributed by atoms with Crippen molar-refractivity contribution in [2.45, 2.75) is 36.1 Å². The Hall–Kier alpha value is -1.83. The summed E-state index contributed by atoms with van der Waals surface area (Å²) in [6.45, 7) is 3.90. The summed E-state index contributed by atoms with van der Waals surface area (Å²) in [6.07, 6.45) is 0.415. The molecule has 1 amide bonds. The van der Waals surface area contributed by atoms with E-state index < -0.39 is 10.0 Å². The van der Waals surface area contributed by atoms with Crippen molar-refractivity contribution in [1.29, 1.82) is 0 Å². The lowest BCUT2D eigenvalue weighted by molar-refractivity contribution is -0.121. The minimum Gasteiger partial charge on any atom is -0.350 e. The van der Waals surface area contributed by atoms with Gasteiger partial charge in [-0.05, 0) is 43.7 Å². The first-order valence-electron chi connectivity index (χ1n) is 7.87. The van der Waals surface area contributed by atoms with Gasteiger partial charge in [0.25, 0.3) is 0 Å². The van der Waals surface area contributed by atoms with Gasteiger partial charge in [0.1, 0.15) is 0 Å². The predicted molar refractivity (Wildman–Crippen MR) is 101 cm³/mol. The molecule has 134 valence electrons. The third kappa shape index (κ3) is 6.19. The zero-order chi connectivity index (χ0) is 18.4. The summed E-state index contributed by atoms with van der Waals surface area (Å²) in [5.74, 6) is 0.661. The van der Waals surface area contributed by atoms with E-state index in [0.29, 0.717) is 12.2 Å². The monoisotopic (exact) mass is 378 g/mol. The van der Waals surface area contributed by atoms with E-state index in [-0.39, 0.29) is 16.8 Å². The Morgan fingerprint density at radius 3 is 2.28 bits per heavy atom. The Kier molecular flexibility index (Phi) is 6.64. The van der Waals surface area contributed by atoms with Crippen molar-refractivity contribution in [3.05, 3.63) is 59.7 Å². The van der Waals surface area contributed by atoms with Gasteiger partial charge in [0.15, 0.2) is 0 Å². The van der Waals surface area contributed by atoms with Crippen LogP contribution in [0.3, 0.4) is 0 Å². The summed E-state index contributed by atoms with van der Waals surface area (Å²) >= 11 is 1.64. The van der Waals surface area contributed by atoms with Crippen molar-refractivity contribution in [2.24, 2.45) is 5.14 Å². The molecule has 1 unspecified atom stereocenters. The number of benzene rings is 2. The van der Waals surface area contributed by atoms with Crippen molar-refractivity contribution in [2.75, 3.05) is 5.75 Å². The lowest BCUT2D eigenvalue weighted by atomic mass is 10.1. The molecule has 2 rings (SSSR count). The Balaban J connectivity index is 1.82. The molecule has 2 aromatic carbocycles. The molecular weight excluding hydrogens is 356 g/mol. The van der Waals surface area contributed by atoms with Crippen molar-refractivity contribution >= 4 is 27.7 Å². The molecule has 0 saturated carbocycles. The van der Waals surface area contributed by atoms with Crippen LogP contribution in [0.2, 0.25) is 0 Å². The van der Waals surface area contributed by atoms with Gasteiger partial charge in [0.2, 0.25) is 15.9 Å². The first-order valence-corrected chi connectivity index (χ1v) is 10.4. The summed E-state index contributed by atoms with van der Waals surface area (Å²) in [7, 11) is -3.70. The second kappa shape index (κ2) is 8.51. The van der Waals surface area contributed by atoms with Gasteiger partial charge < -0.3 is 5.32 Å². The van der Waals surface area contributed by atoms with Crippen LogP contribution in [0.15, 0.2) is 58.3 Å². The molecule has 0 aliphatic rings. The van der Waals surface area contributed by atoms with Crippen LogP contribution in [0, 0.1) is 6.92 Å². The molecule has 0 radical (unpaired) electrons. The lowest BCUT2D eigenvalue weighted by Gasteiger charge is -2.14. The molecule has 0 saturated heterocycles. The van der Waals surface area contributed by atoms with E-state index in [0.717, 1.165) is 10.5 Å². The molecule has 7 heteroatoms. The van der Waals surface area contributed by atoms with Crippen molar-refractivity contribution in [1.82, 2.24) is 5.32 Å². The summed E-state index contributed by atoms with van der Waals surface area (Å²) in [5.41, 5.74) is 2.04. The van der Waals surface area contributed by atoms with Gasteiger partial charge in [-0.15, -0.1) is 11.8 Å². The highest BCUT2D eigenvalue weighted by atomic mass is 32.2. The molecule has 0 spiro atoms. The molecule has 0 fully saturated rings. The average Bonchev–Trinajstić information content (AvgIpc) is 2.56. The molecule has 0 aliphatic carbocycles. The largest absolute Gasteiger partial charge is 0.350 e. The van der Waals surface area contributed by atoms with Crippen LogP contribution in [0.1, 0.15) is 30.5 Å². The molecule has 5 nitrogen and oxygen atoms in total. The number of rotatable bonds is 7. The lowest BCUT2D eigenvalue weighted by Crippen LogP contribution is -2.26. The zero-order valence-electron chi connectivity index (χ0n) is 14.2. The smallest absolute Gasteiger partial charge is 0.238 e. The molecule has 0 aliphatic heterocycles. The summed E-state index contributed by atoms with van der Waals surface area (Å²) in [5, 5.41) is 7.99. The van der Waals surface area contributed by atoms with E-state index in [4.69, 9.17) is 5.14 Å². The molecule has 3 N–H and O–H groups in total.